The topological polar surface area (TPSA) is 107 Å². The summed E-state index contributed by atoms with van der Waals surface area (Å²) in [4.78, 5) is 22.9. The van der Waals surface area contributed by atoms with Gasteiger partial charge in [0.05, 0.1) is 0 Å². The predicted molar refractivity (Wildman–Crippen MR) is 48.9 cm³/mol. The van der Waals surface area contributed by atoms with Crippen molar-refractivity contribution in [3.63, 3.8) is 0 Å². The van der Waals surface area contributed by atoms with Crippen molar-refractivity contribution in [1.29, 1.82) is 0 Å². The Morgan fingerprint density at radius 2 is 1.67 bits per heavy atom. The van der Waals surface area contributed by atoms with E-state index in [1.165, 1.54) is 11.8 Å². The van der Waals surface area contributed by atoms with Crippen molar-refractivity contribution >= 4 is 11.9 Å². The molecule has 0 radical (unpaired) electrons. The Labute approximate surface area is 86.9 Å². The molecule has 7 heteroatoms. The highest BCUT2D eigenvalue weighted by atomic mass is 16.6. The summed E-state index contributed by atoms with van der Waals surface area (Å²) in [5.41, 5.74) is 0. The van der Waals surface area contributed by atoms with Crippen molar-refractivity contribution in [1.82, 2.24) is 4.90 Å². The van der Waals surface area contributed by atoms with E-state index in [1.54, 1.807) is 14.1 Å². The molecule has 15 heavy (non-hydrogen) atoms. The van der Waals surface area contributed by atoms with Crippen LogP contribution in [0.3, 0.4) is 0 Å². The average molecular weight is 221 g/mol. The van der Waals surface area contributed by atoms with Crippen LogP contribution in [0.4, 0.5) is 0 Å². The maximum Gasteiger partial charge on any atom is 0.339 e. The third-order valence-corrected chi connectivity index (χ3v) is 1.81. The van der Waals surface area contributed by atoms with Gasteiger partial charge in [0.2, 0.25) is 0 Å². The zero-order valence-corrected chi connectivity index (χ0v) is 8.75. The number of hydrogen-bond donors (Lipinski definition) is 3. The molecule has 0 fully saturated rings. The monoisotopic (exact) mass is 221 g/mol. The molecule has 0 aliphatic heterocycles. The zero-order chi connectivity index (χ0) is 12.2. The molecular formula is C8H15NO6. The summed E-state index contributed by atoms with van der Waals surface area (Å²) in [5.74, 6) is -2.86. The van der Waals surface area contributed by atoms with Gasteiger partial charge < -0.3 is 20.1 Å². The Morgan fingerprint density at radius 3 is 2.00 bits per heavy atom. The van der Waals surface area contributed by atoms with E-state index in [2.05, 4.69) is 4.74 Å². The van der Waals surface area contributed by atoms with Gasteiger partial charge in [-0.15, -0.1) is 0 Å². The average Bonchev–Trinajstić information content (AvgIpc) is 2.14. The normalized spacial score (nSPS) is 16.9. The number of aliphatic hydroxyl groups excluding tert-OH is 2. The molecule has 0 saturated carbocycles. The SMILES string of the molecule is CC(OC(=O)C(O)C(O)C(=O)O)N(C)C. The predicted octanol–water partition coefficient (Wildman–Crippen LogP) is -1.76. The van der Waals surface area contributed by atoms with Gasteiger partial charge in [0.1, 0.15) is 0 Å². The van der Waals surface area contributed by atoms with Gasteiger partial charge >= 0.3 is 11.9 Å². The highest BCUT2D eigenvalue weighted by Crippen LogP contribution is 2.02. The van der Waals surface area contributed by atoms with Crippen LogP contribution in [0.1, 0.15) is 6.92 Å². The number of carboxylic acids is 1. The minimum absolute atomic E-state index is 0.617. The lowest BCUT2D eigenvalue weighted by Gasteiger charge is -2.22. The Balaban J connectivity index is 4.27. The van der Waals surface area contributed by atoms with Crippen molar-refractivity contribution < 1.29 is 29.6 Å². The van der Waals surface area contributed by atoms with Crippen LogP contribution in [0.15, 0.2) is 0 Å². The summed E-state index contributed by atoms with van der Waals surface area (Å²) in [5, 5.41) is 26.2. The molecule has 0 spiro atoms. The summed E-state index contributed by atoms with van der Waals surface area (Å²) >= 11 is 0. The Morgan fingerprint density at radius 1 is 1.20 bits per heavy atom. The summed E-state index contributed by atoms with van der Waals surface area (Å²) < 4.78 is 4.66. The largest absolute Gasteiger partial charge is 0.479 e. The molecule has 0 aromatic rings. The van der Waals surface area contributed by atoms with Gasteiger partial charge in [0.15, 0.2) is 18.4 Å². The minimum atomic E-state index is -2.17. The van der Waals surface area contributed by atoms with Crippen molar-refractivity contribution in [2.45, 2.75) is 25.4 Å². The number of carbonyl (C=O) groups is 2. The maximum absolute atomic E-state index is 11.1. The van der Waals surface area contributed by atoms with Crippen LogP contribution in [0, 0.1) is 0 Å². The number of nitrogens with zero attached hydrogens (tertiary/aromatic N) is 1. The number of carboxylic acid groups (broad SMARTS) is 1. The van der Waals surface area contributed by atoms with Gasteiger partial charge in [-0.05, 0) is 21.0 Å². The fourth-order valence-electron chi connectivity index (χ4n) is 0.607. The molecule has 0 aromatic heterocycles. The van der Waals surface area contributed by atoms with Crippen LogP contribution < -0.4 is 0 Å². The van der Waals surface area contributed by atoms with Gasteiger partial charge in [-0.25, -0.2) is 9.59 Å². The summed E-state index contributed by atoms with van der Waals surface area (Å²) in [7, 11) is 3.27. The Hall–Kier alpha value is -1.18. The van der Waals surface area contributed by atoms with Crippen LogP contribution in [0.2, 0.25) is 0 Å². The smallest absolute Gasteiger partial charge is 0.339 e. The third kappa shape index (κ3) is 4.24. The number of aliphatic carboxylic acids is 1. The Bertz CT molecular complexity index is 241. The van der Waals surface area contributed by atoms with E-state index in [-0.39, 0.29) is 0 Å². The van der Waals surface area contributed by atoms with Gasteiger partial charge in [-0.2, -0.15) is 0 Å². The molecule has 0 aliphatic rings. The number of aliphatic hydroxyl groups is 2. The summed E-state index contributed by atoms with van der Waals surface area (Å²) in [6.07, 6.45) is -4.87. The molecule has 88 valence electrons. The molecular weight excluding hydrogens is 206 g/mol. The second-order valence-electron chi connectivity index (χ2n) is 3.23. The molecule has 0 aromatic carbocycles. The van der Waals surface area contributed by atoms with Crippen molar-refractivity contribution in [2.24, 2.45) is 0 Å². The van der Waals surface area contributed by atoms with Gasteiger partial charge in [0.25, 0.3) is 0 Å². The lowest BCUT2D eigenvalue weighted by molar-refractivity contribution is -0.177. The number of rotatable bonds is 5. The lowest BCUT2D eigenvalue weighted by Crippen LogP contribution is -2.43. The lowest BCUT2D eigenvalue weighted by atomic mass is 10.2. The standard InChI is InChI=1S/C8H15NO6/c1-4(9(2)3)15-8(14)6(11)5(10)7(12)13/h4-6,10-11H,1-3H3,(H,12,13). The number of hydrogen-bond acceptors (Lipinski definition) is 6. The first-order valence-corrected chi connectivity index (χ1v) is 4.23. The molecule has 3 atom stereocenters. The van der Waals surface area contributed by atoms with Gasteiger partial charge in [-0.1, -0.05) is 0 Å². The van der Waals surface area contributed by atoms with Crippen LogP contribution in [0.5, 0.6) is 0 Å². The third-order valence-electron chi connectivity index (χ3n) is 1.81. The van der Waals surface area contributed by atoms with Gasteiger partial charge in [0, 0.05) is 0 Å². The minimum Gasteiger partial charge on any atom is -0.479 e. The molecule has 0 heterocycles. The van der Waals surface area contributed by atoms with E-state index in [0.29, 0.717) is 0 Å². The molecule has 0 aliphatic carbocycles. The first-order chi connectivity index (χ1) is 6.77. The van der Waals surface area contributed by atoms with Crippen LogP contribution in [-0.2, 0) is 14.3 Å². The second kappa shape index (κ2) is 5.64. The fourth-order valence-corrected chi connectivity index (χ4v) is 0.607. The number of esters is 1. The molecule has 3 N–H and O–H groups in total. The molecule has 0 rings (SSSR count). The Kier molecular flexibility index (Phi) is 5.20. The number of carbonyl (C=O) groups excluding carboxylic acids is 1. The van der Waals surface area contributed by atoms with E-state index < -0.39 is 30.4 Å². The molecule has 7 nitrogen and oxygen atoms in total. The maximum atomic E-state index is 11.1. The van der Waals surface area contributed by atoms with Crippen molar-refractivity contribution in [2.75, 3.05) is 14.1 Å². The van der Waals surface area contributed by atoms with Crippen LogP contribution in [0.25, 0.3) is 0 Å². The van der Waals surface area contributed by atoms with E-state index in [9.17, 15) is 9.59 Å². The molecule has 3 unspecified atom stereocenters. The first-order valence-electron chi connectivity index (χ1n) is 4.23. The zero-order valence-electron chi connectivity index (χ0n) is 8.75. The van der Waals surface area contributed by atoms with E-state index in [0.717, 1.165) is 0 Å². The summed E-state index contributed by atoms with van der Waals surface area (Å²) in [6, 6.07) is 0. The van der Waals surface area contributed by atoms with Crippen LogP contribution in [-0.4, -0.2) is 64.7 Å². The van der Waals surface area contributed by atoms with E-state index in [1.807, 2.05) is 0 Å². The van der Waals surface area contributed by atoms with Gasteiger partial charge in [-0.3, -0.25) is 4.90 Å². The van der Waals surface area contributed by atoms with Crippen molar-refractivity contribution in [3.8, 4) is 0 Å². The first kappa shape index (κ1) is 13.8. The second-order valence-corrected chi connectivity index (χ2v) is 3.23. The highest BCUT2D eigenvalue weighted by Gasteiger charge is 2.32. The molecule has 0 bridgehead atoms. The van der Waals surface area contributed by atoms with E-state index >= 15 is 0 Å². The quantitative estimate of drug-likeness (QED) is 0.373. The van der Waals surface area contributed by atoms with Crippen molar-refractivity contribution in [3.05, 3.63) is 0 Å². The summed E-state index contributed by atoms with van der Waals surface area (Å²) in [6.45, 7) is 1.54. The molecule has 0 saturated heterocycles. The van der Waals surface area contributed by atoms with Crippen LogP contribution >= 0.6 is 0 Å². The molecule has 0 amide bonds. The number of ether oxygens (including phenoxy) is 1. The fraction of sp³-hybridized carbons (Fsp3) is 0.750. The van der Waals surface area contributed by atoms with E-state index in [4.69, 9.17) is 15.3 Å². The highest BCUT2D eigenvalue weighted by molar-refractivity contribution is 5.84.